The van der Waals surface area contributed by atoms with Crippen LogP contribution in [0.2, 0.25) is 0 Å². The average Bonchev–Trinajstić information content (AvgIpc) is 1.76. The molecule has 0 aliphatic heterocycles. The van der Waals surface area contributed by atoms with Gasteiger partial charge in [0.05, 0.1) is 0 Å². The second kappa shape index (κ2) is 15.7. The van der Waals surface area contributed by atoms with E-state index in [0.717, 1.165) is 0 Å². The summed E-state index contributed by atoms with van der Waals surface area (Å²) in [7, 11) is 0. The van der Waals surface area contributed by atoms with Gasteiger partial charge in [0.25, 0.3) is 0 Å². The molecule has 0 heterocycles. The average molecular weight is 305 g/mol. The first kappa shape index (κ1) is 23.0. The van der Waals surface area contributed by atoms with Crippen molar-refractivity contribution in [1.82, 2.24) is 0 Å². The van der Waals surface area contributed by atoms with E-state index >= 15 is 0 Å². The summed E-state index contributed by atoms with van der Waals surface area (Å²) in [6, 6.07) is 10.0. The van der Waals surface area contributed by atoms with Crippen molar-refractivity contribution in [2.24, 2.45) is 0 Å². The van der Waals surface area contributed by atoms with Crippen molar-refractivity contribution in [3.8, 4) is 0 Å². The Morgan fingerprint density at radius 3 is 1.22 bits per heavy atom. The molecule has 0 radical (unpaired) electrons. The molecule has 0 aromatic heterocycles. The molecule has 0 amide bonds. The molecule has 1 rings (SSSR count). The first-order chi connectivity index (χ1) is 2.50. The van der Waals surface area contributed by atoms with Gasteiger partial charge in [0.15, 0.2) is 0 Å². The predicted octanol–water partition coefficient (Wildman–Crippen LogP) is 2.75. The third kappa shape index (κ3) is 11.5. The summed E-state index contributed by atoms with van der Waals surface area (Å²) in [6.45, 7) is 0. The standard InChI is InChI=1S/C5H5.3CH3.Pt/c1-2-4-5-3-1;;;;/h1-5H;3*1H3;/q4*-1;. The molecule has 0 nitrogen and oxygen atoms in total. The van der Waals surface area contributed by atoms with Crippen molar-refractivity contribution in [1.29, 1.82) is 0 Å². The zero-order valence-corrected chi connectivity index (χ0v) is 8.48. The molecule has 1 aromatic carbocycles. The molecule has 0 aliphatic carbocycles. The Morgan fingerprint density at radius 2 is 1.11 bits per heavy atom. The Morgan fingerprint density at radius 1 is 0.778 bits per heavy atom. The third-order valence-corrected chi connectivity index (χ3v) is 0.556. The topological polar surface area (TPSA) is 0 Å². The first-order valence-corrected chi connectivity index (χ1v) is 1.67. The fourth-order valence-corrected chi connectivity index (χ4v) is 0.321. The van der Waals surface area contributed by atoms with E-state index in [0.29, 0.717) is 0 Å². The van der Waals surface area contributed by atoms with E-state index in [1.807, 2.05) is 30.3 Å². The quantitative estimate of drug-likeness (QED) is 0.647. The number of rotatable bonds is 0. The van der Waals surface area contributed by atoms with E-state index < -0.39 is 0 Å². The molecule has 0 atom stereocenters. The fourth-order valence-electron chi connectivity index (χ4n) is 0.321. The zero-order valence-electron chi connectivity index (χ0n) is 6.20. The van der Waals surface area contributed by atoms with Gasteiger partial charge in [0.2, 0.25) is 0 Å². The Balaban J connectivity index is -0.0000000312. The van der Waals surface area contributed by atoms with E-state index in [4.69, 9.17) is 0 Å². The SMILES string of the molecule is [CH3-].[CH3-].[CH3-].[Pt].c1cc[cH-]c1. The molecule has 0 aliphatic rings. The molecule has 0 N–H and O–H groups in total. The van der Waals surface area contributed by atoms with Crippen LogP contribution in [0.5, 0.6) is 0 Å². The minimum absolute atomic E-state index is 0. The van der Waals surface area contributed by atoms with E-state index in [2.05, 4.69) is 0 Å². The van der Waals surface area contributed by atoms with Crippen molar-refractivity contribution in [2.45, 2.75) is 0 Å². The Kier molecular flexibility index (Phi) is 40.1. The van der Waals surface area contributed by atoms with Gasteiger partial charge in [0.1, 0.15) is 0 Å². The van der Waals surface area contributed by atoms with Crippen LogP contribution in [0.4, 0.5) is 0 Å². The third-order valence-electron chi connectivity index (χ3n) is 0.556. The van der Waals surface area contributed by atoms with Crippen molar-refractivity contribution in [2.75, 3.05) is 0 Å². The maximum absolute atomic E-state index is 2.00. The van der Waals surface area contributed by atoms with Crippen molar-refractivity contribution < 1.29 is 21.1 Å². The van der Waals surface area contributed by atoms with Crippen LogP contribution < -0.4 is 0 Å². The van der Waals surface area contributed by atoms with Crippen LogP contribution in [0, 0.1) is 22.3 Å². The van der Waals surface area contributed by atoms with Gasteiger partial charge in [-0.05, 0) is 0 Å². The summed E-state index contributed by atoms with van der Waals surface area (Å²) in [5.41, 5.74) is 0. The molecule has 0 saturated heterocycles. The monoisotopic (exact) mass is 305 g/mol. The van der Waals surface area contributed by atoms with Gasteiger partial charge < -0.3 is 22.3 Å². The maximum atomic E-state index is 2.00. The summed E-state index contributed by atoms with van der Waals surface area (Å²) < 4.78 is 0. The van der Waals surface area contributed by atoms with E-state index in [1.54, 1.807) is 0 Å². The van der Waals surface area contributed by atoms with Crippen LogP contribution in [-0.4, -0.2) is 0 Å². The van der Waals surface area contributed by atoms with Gasteiger partial charge in [-0.3, -0.25) is 0 Å². The predicted molar refractivity (Wildman–Crippen MR) is 41.3 cm³/mol. The van der Waals surface area contributed by atoms with Crippen LogP contribution in [0.15, 0.2) is 30.3 Å². The molecule has 0 fully saturated rings. The first-order valence-electron chi connectivity index (χ1n) is 1.67. The van der Waals surface area contributed by atoms with Crippen LogP contribution in [-0.2, 0) is 21.1 Å². The molecular formula is C8H14Pt-4. The minimum atomic E-state index is 0. The van der Waals surface area contributed by atoms with E-state index in [9.17, 15) is 0 Å². The Labute approximate surface area is 73.9 Å². The van der Waals surface area contributed by atoms with Gasteiger partial charge in [-0.25, -0.2) is 12.1 Å². The second-order valence-corrected chi connectivity index (χ2v) is 0.962. The summed E-state index contributed by atoms with van der Waals surface area (Å²) in [6.07, 6.45) is 0. The van der Waals surface area contributed by atoms with Crippen molar-refractivity contribution in [3.63, 3.8) is 0 Å². The smallest absolute Gasteiger partial charge is 0 e. The summed E-state index contributed by atoms with van der Waals surface area (Å²) in [4.78, 5) is 0. The molecule has 1 aromatic rings. The molecular weight excluding hydrogens is 291 g/mol. The van der Waals surface area contributed by atoms with E-state index in [-0.39, 0.29) is 43.3 Å². The van der Waals surface area contributed by atoms with E-state index in [1.165, 1.54) is 0 Å². The van der Waals surface area contributed by atoms with Gasteiger partial charge in [-0.2, -0.15) is 18.2 Å². The minimum Gasteiger partial charge on any atom is -0.358 e. The molecule has 0 spiro atoms. The maximum Gasteiger partial charge on any atom is 0 e. The zero-order chi connectivity index (χ0) is 3.54. The van der Waals surface area contributed by atoms with Crippen molar-refractivity contribution in [3.05, 3.63) is 52.6 Å². The van der Waals surface area contributed by atoms with Gasteiger partial charge in [-0.1, -0.05) is 0 Å². The molecule has 60 valence electrons. The second-order valence-electron chi connectivity index (χ2n) is 0.962. The van der Waals surface area contributed by atoms with Crippen LogP contribution in [0.25, 0.3) is 0 Å². The largest absolute Gasteiger partial charge is 0.358 e. The van der Waals surface area contributed by atoms with Crippen LogP contribution in [0.3, 0.4) is 0 Å². The van der Waals surface area contributed by atoms with Gasteiger partial charge >= 0.3 is 0 Å². The summed E-state index contributed by atoms with van der Waals surface area (Å²) >= 11 is 0. The van der Waals surface area contributed by atoms with Gasteiger partial charge in [-0.15, -0.1) is 0 Å². The molecule has 0 bridgehead atoms. The number of hydrogen-bond acceptors (Lipinski definition) is 0. The molecule has 0 unspecified atom stereocenters. The van der Waals surface area contributed by atoms with Crippen molar-refractivity contribution >= 4 is 0 Å². The van der Waals surface area contributed by atoms with Gasteiger partial charge in [0, 0.05) is 21.1 Å². The fraction of sp³-hybridized carbons (Fsp3) is 0. The van der Waals surface area contributed by atoms with Crippen LogP contribution in [0.1, 0.15) is 0 Å². The Bertz CT molecular complexity index is 61.0. The number of hydrogen-bond donors (Lipinski definition) is 0. The summed E-state index contributed by atoms with van der Waals surface area (Å²) in [5.74, 6) is 0. The Hall–Kier alpha value is 0.0383. The molecule has 9 heavy (non-hydrogen) atoms. The molecule has 0 saturated carbocycles. The normalized spacial score (nSPS) is 4.44. The molecule has 1 heteroatoms. The van der Waals surface area contributed by atoms with Crippen LogP contribution >= 0.6 is 0 Å². The summed E-state index contributed by atoms with van der Waals surface area (Å²) in [5, 5.41) is 0.